The zero-order valence-corrected chi connectivity index (χ0v) is 15.7. The Bertz CT molecular complexity index is 863. The molecule has 0 saturated heterocycles. The Morgan fingerprint density at radius 2 is 1.56 bits per heavy atom. The normalized spacial score (nSPS) is 26.2. The minimum absolute atomic E-state index is 0.390. The van der Waals surface area contributed by atoms with Crippen LogP contribution in [0.1, 0.15) is 38.3 Å². The van der Waals surface area contributed by atoms with Crippen LogP contribution in [0.25, 0.3) is 0 Å². The predicted octanol–water partition coefficient (Wildman–Crippen LogP) is 3.79. The lowest BCUT2D eigenvalue weighted by Gasteiger charge is -2.45. The molecule has 1 heterocycles. The van der Waals surface area contributed by atoms with E-state index in [1.165, 1.54) is 0 Å². The first-order valence-corrected chi connectivity index (χ1v) is 10.2. The zero-order chi connectivity index (χ0) is 18.1. The molecule has 2 aromatic carbocycles. The van der Waals surface area contributed by atoms with Crippen molar-refractivity contribution in [3.05, 3.63) is 71.8 Å². The lowest BCUT2D eigenvalue weighted by atomic mass is 9.95. The summed E-state index contributed by atoms with van der Waals surface area (Å²) in [6.07, 6.45) is 0.577. The number of hydrogen-bond donors (Lipinski definition) is 0. The van der Waals surface area contributed by atoms with Crippen LogP contribution in [0, 0.1) is 0 Å². The van der Waals surface area contributed by atoms with Gasteiger partial charge in [0.2, 0.25) is 10.0 Å². The standard InChI is InChI=1S/C20H24N2O2S/c1-4-20(18-14-10-7-11-15-18)21-19(17-12-8-6-9-13-17)16(3)25(23,24)22(20)5-2/h6-16H,4-5H2,1-3H3. The molecule has 0 amide bonds. The summed E-state index contributed by atoms with van der Waals surface area (Å²) in [4.78, 5) is 5.06. The van der Waals surface area contributed by atoms with Crippen LogP contribution in [-0.2, 0) is 15.7 Å². The molecule has 0 N–H and O–H groups in total. The summed E-state index contributed by atoms with van der Waals surface area (Å²) < 4.78 is 28.2. The molecule has 0 fully saturated rings. The molecule has 1 aliphatic rings. The molecule has 2 atom stereocenters. The largest absolute Gasteiger partial charge is 0.259 e. The molecule has 132 valence electrons. The Balaban J connectivity index is 2.32. The van der Waals surface area contributed by atoms with Crippen molar-refractivity contribution in [2.75, 3.05) is 6.54 Å². The number of rotatable bonds is 4. The fraction of sp³-hybridized carbons (Fsp3) is 0.350. The van der Waals surface area contributed by atoms with E-state index in [0.29, 0.717) is 18.7 Å². The van der Waals surface area contributed by atoms with Crippen molar-refractivity contribution >= 4 is 15.7 Å². The third-order valence-electron chi connectivity index (χ3n) is 4.94. The van der Waals surface area contributed by atoms with E-state index in [0.717, 1.165) is 11.1 Å². The Labute approximate surface area is 150 Å². The molecule has 5 heteroatoms. The van der Waals surface area contributed by atoms with Gasteiger partial charge in [0.15, 0.2) is 5.66 Å². The van der Waals surface area contributed by atoms with Crippen LogP contribution in [0.15, 0.2) is 65.7 Å². The van der Waals surface area contributed by atoms with Gasteiger partial charge in [-0.2, -0.15) is 4.31 Å². The number of hydrogen-bond acceptors (Lipinski definition) is 3. The van der Waals surface area contributed by atoms with Crippen LogP contribution < -0.4 is 0 Å². The average molecular weight is 356 g/mol. The smallest absolute Gasteiger partial charge is 0.224 e. The van der Waals surface area contributed by atoms with Crippen LogP contribution in [0.4, 0.5) is 0 Å². The molecule has 0 saturated carbocycles. The summed E-state index contributed by atoms with van der Waals surface area (Å²) in [6.45, 7) is 5.99. The number of sulfonamides is 1. The minimum Gasteiger partial charge on any atom is -0.259 e. The van der Waals surface area contributed by atoms with Crippen molar-refractivity contribution in [2.45, 2.75) is 38.1 Å². The summed E-state index contributed by atoms with van der Waals surface area (Å²) >= 11 is 0. The van der Waals surface area contributed by atoms with E-state index >= 15 is 0 Å². The van der Waals surface area contributed by atoms with Gasteiger partial charge in [-0.05, 0) is 24.5 Å². The van der Waals surface area contributed by atoms with Crippen LogP contribution >= 0.6 is 0 Å². The Hall–Kier alpha value is -1.98. The first kappa shape index (κ1) is 17.8. The first-order valence-electron chi connectivity index (χ1n) is 8.69. The van der Waals surface area contributed by atoms with Crippen molar-refractivity contribution in [1.82, 2.24) is 4.31 Å². The van der Waals surface area contributed by atoms with Crippen molar-refractivity contribution in [1.29, 1.82) is 0 Å². The molecule has 2 unspecified atom stereocenters. The number of nitrogens with zero attached hydrogens (tertiary/aromatic N) is 2. The topological polar surface area (TPSA) is 49.7 Å². The van der Waals surface area contributed by atoms with Gasteiger partial charge < -0.3 is 0 Å². The van der Waals surface area contributed by atoms with E-state index in [1.54, 1.807) is 11.2 Å². The van der Waals surface area contributed by atoms with Crippen LogP contribution in [-0.4, -0.2) is 30.2 Å². The highest BCUT2D eigenvalue weighted by Gasteiger charge is 2.50. The van der Waals surface area contributed by atoms with Crippen LogP contribution in [0.3, 0.4) is 0 Å². The average Bonchev–Trinajstić information content (AvgIpc) is 2.65. The molecule has 25 heavy (non-hydrogen) atoms. The van der Waals surface area contributed by atoms with E-state index in [-0.39, 0.29) is 0 Å². The SMILES string of the molecule is CCN1C(CC)(c2ccccc2)N=C(c2ccccc2)C(C)S1(=O)=O. The van der Waals surface area contributed by atoms with E-state index in [2.05, 4.69) is 0 Å². The molecule has 3 rings (SSSR count). The molecule has 0 bridgehead atoms. The summed E-state index contributed by atoms with van der Waals surface area (Å²) in [5.74, 6) is 0. The maximum absolute atomic E-state index is 13.3. The van der Waals surface area contributed by atoms with Gasteiger partial charge in [0.25, 0.3) is 0 Å². The summed E-state index contributed by atoms with van der Waals surface area (Å²) in [5, 5.41) is -0.668. The summed E-state index contributed by atoms with van der Waals surface area (Å²) in [5.41, 5.74) is 1.51. The first-order chi connectivity index (χ1) is 12.0. The quantitative estimate of drug-likeness (QED) is 0.837. The van der Waals surface area contributed by atoms with Gasteiger partial charge in [0.05, 0.1) is 5.71 Å². The molecule has 0 aromatic heterocycles. The van der Waals surface area contributed by atoms with Gasteiger partial charge in [-0.1, -0.05) is 74.5 Å². The third-order valence-corrected chi connectivity index (χ3v) is 7.23. The summed E-state index contributed by atoms with van der Waals surface area (Å²) in [7, 11) is -3.51. The second-order valence-electron chi connectivity index (χ2n) is 6.25. The second kappa shape index (κ2) is 6.73. The zero-order valence-electron chi connectivity index (χ0n) is 14.9. The van der Waals surface area contributed by atoms with Gasteiger partial charge in [-0.25, -0.2) is 8.42 Å². The maximum atomic E-state index is 13.3. The van der Waals surface area contributed by atoms with Gasteiger partial charge in [-0.3, -0.25) is 4.99 Å². The number of benzene rings is 2. The Kier molecular flexibility index (Phi) is 4.80. The molecule has 1 aliphatic heterocycles. The Morgan fingerprint density at radius 3 is 2.08 bits per heavy atom. The highest BCUT2D eigenvalue weighted by molar-refractivity contribution is 7.90. The highest BCUT2D eigenvalue weighted by atomic mass is 32.2. The van der Waals surface area contributed by atoms with Gasteiger partial charge in [0, 0.05) is 6.54 Å². The fourth-order valence-corrected chi connectivity index (χ4v) is 5.52. The van der Waals surface area contributed by atoms with Gasteiger partial charge >= 0.3 is 0 Å². The van der Waals surface area contributed by atoms with Crippen molar-refractivity contribution in [2.24, 2.45) is 4.99 Å². The molecule has 0 aliphatic carbocycles. The Morgan fingerprint density at radius 1 is 1.00 bits per heavy atom. The maximum Gasteiger partial charge on any atom is 0.224 e. The molecule has 2 aromatic rings. The van der Waals surface area contributed by atoms with E-state index in [1.807, 2.05) is 74.5 Å². The lowest BCUT2D eigenvalue weighted by molar-refractivity contribution is 0.189. The lowest BCUT2D eigenvalue weighted by Crippen LogP contribution is -2.56. The van der Waals surface area contributed by atoms with Crippen molar-refractivity contribution in [3.63, 3.8) is 0 Å². The van der Waals surface area contributed by atoms with Crippen LogP contribution in [0.5, 0.6) is 0 Å². The van der Waals surface area contributed by atoms with Crippen LogP contribution in [0.2, 0.25) is 0 Å². The van der Waals surface area contributed by atoms with Gasteiger partial charge in [-0.15, -0.1) is 0 Å². The van der Waals surface area contributed by atoms with Gasteiger partial charge in [0.1, 0.15) is 5.25 Å². The fourth-order valence-electron chi connectivity index (χ4n) is 3.61. The van der Waals surface area contributed by atoms with E-state index < -0.39 is 20.9 Å². The highest BCUT2D eigenvalue weighted by Crippen LogP contribution is 2.41. The van der Waals surface area contributed by atoms with Crippen molar-refractivity contribution < 1.29 is 8.42 Å². The van der Waals surface area contributed by atoms with E-state index in [4.69, 9.17) is 4.99 Å². The monoisotopic (exact) mass is 356 g/mol. The van der Waals surface area contributed by atoms with Crippen molar-refractivity contribution in [3.8, 4) is 0 Å². The molecule has 0 radical (unpaired) electrons. The second-order valence-corrected chi connectivity index (χ2v) is 8.43. The summed E-state index contributed by atoms with van der Waals surface area (Å²) in [6, 6.07) is 19.3. The molecular formula is C20H24N2O2S. The van der Waals surface area contributed by atoms with E-state index in [9.17, 15) is 8.42 Å². The molecular weight excluding hydrogens is 332 g/mol. The molecule has 0 spiro atoms. The number of aliphatic imine (C=N–C) groups is 1. The predicted molar refractivity (Wildman–Crippen MR) is 102 cm³/mol. The third kappa shape index (κ3) is 2.81. The minimum atomic E-state index is -3.51. The molecule has 4 nitrogen and oxygen atoms in total.